The Bertz CT molecular complexity index is 5540. The van der Waals surface area contributed by atoms with E-state index >= 15 is 0 Å². The van der Waals surface area contributed by atoms with Crippen LogP contribution in [0.3, 0.4) is 0 Å². The van der Waals surface area contributed by atoms with Crippen LogP contribution in [0.15, 0.2) is 88.7 Å². The van der Waals surface area contributed by atoms with Crippen molar-refractivity contribution in [2.24, 2.45) is 21.1 Å². The molecule has 3 aliphatic carbocycles. The molecule has 0 amide bonds. The van der Waals surface area contributed by atoms with Crippen LogP contribution in [-0.4, -0.2) is 218 Å². The van der Waals surface area contributed by atoms with Crippen molar-refractivity contribution in [1.29, 1.82) is 0 Å². The van der Waals surface area contributed by atoms with Crippen molar-refractivity contribution in [3.05, 3.63) is 122 Å². The normalized spacial score (nSPS) is 16.9. The van der Waals surface area contributed by atoms with Crippen LogP contribution in [0, 0.1) is 20.8 Å². The number of benzene rings is 3. The molecular formula is C90H126Cl3N21O11S3. The zero-order valence-electron chi connectivity index (χ0n) is 77.0. The smallest absolute Gasteiger partial charge is 0.229 e. The summed E-state index contributed by atoms with van der Waals surface area (Å²) in [4.78, 5) is 34.4. The van der Waals surface area contributed by atoms with Crippen molar-refractivity contribution < 1.29 is 48.9 Å². The summed E-state index contributed by atoms with van der Waals surface area (Å²) < 4.78 is 112. The van der Waals surface area contributed by atoms with Gasteiger partial charge in [0.15, 0.2) is 17.5 Å². The van der Waals surface area contributed by atoms with Gasteiger partial charge in [0.1, 0.15) is 32.3 Å². The lowest BCUT2D eigenvalue weighted by molar-refractivity contribution is 0.0185. The summed E-state index contributed by atoms with van der Waals surface area (Å²) in [6.07, 6.45) is 22.5. The number of sulfone groups is 3. The molecule has 6 aliphatic rings. The number of nitrogens with one attached hydrogen (secondary N) is 6. The molecule has 696 valence electrons. The number of hydrogen-bond acceptors (Lipinski definition) is 29. The van der Waals surface area contributed by atoms with Gasteiger partial charge >= 0.3 is 0 Å². The summed E-state index contributed by atoms with van der Waals surface area (Å²) in [5.41, 5.74) is 10.7. The average molecular weight is 1880 g/mol. The summed E-state index contributed by atoms with van der Waals surface area (Å²) in [5.74, 6) is 5.39. The molecule has 38 heteroatoms. The van der Waals surface area contributed by atoms with Crippen molar-refractivity contribution >= 4 is 134 Å². The second-order valence-corrected chi connectivity index (χ2v) is 45.0. The summed E-state index contributed by atoms with van der Waals surface area (Å²) in [6.45, 7) is 33.5. The Kier molecular flexibility index (Phi) is 30.7. The first-order valence-electron chi connectivity index (χ1n) is 44.2. The largest absolute Gasteiger partial charge is 0.489 e. The molecule has 3 saturated carbocycles. The number of piperidine rings is 3. The molecule has 6 fully saturated rings. The summed E-state index contributed by atoms with van der Waals surface area (Å²) in [5, 5.41) is 30.8. The van der Waals surface area contributed by atoms with Crippen LogP contribution < -0.4 is 46.1 Å². The fraction of sp³-hybridized carbons (Fsp3) is 0.567. The topological polar surface area (TPSA) is 361 Å². The number of aromatic nitrogens is 12. The minimum atomic E-state index is -3.64. The maximum absolute atomic E-state index is 13.1. The highest BCUT2D eigenvalue weighted by atomic mass is 35.5. The Hall–Kier alpha value is -8.75. The second-order valence-electron chi connectivity index (χ2n) is 36.8. The predicted octanol–water partition coefficient (Wildman–Crippen LogP) is 17.6. The monoisotopic (exact) mass is 1880 g/mol. The molecule has 0 bridgehead atoms. The molecular weight excluding hydrogens is 1750 g/mol. The van der Waals surface area contributed by atoms with Gasteiger partial charge in [-0.25, -0.2) is 40.2 Å². The Labute approximate surface area is 769 Å². The quantitative estimate of drug-likeness (QED) is 0.0222. The van der Waals surface area contributed by atoms with Crippen LogP contribution in [0.1, 0.15) is 204 Å². The van der Waals surface area contributed by atoms with E-state index in [0.29, 0.717) is 78.7 Å². The third-order valence-electron chi connectivity index (χ3n) is 24.5. The highest BCUT2D eigenvalue weighted by molar-refractivity contribution is 7.92. The first-order chi connectivity index (χ1) is 60.6. The molecule has 15 rings (SSSR count). The van der Waals surface area contributed by atoms with Gasteiger partial charge in [-0.1, -0.05) is 41.2 Å². The van der Waals surface area contributed by atoms with Gasteiger partial charge in [-0.05, 0) is 301 Å². The number of likely N-dealkylation sites (tertiary alicyclic amines) is 3. The van der Waals surface area contributed by atoms with Crippen LogP contribution in [0.5, 0.6) is 17.2 Å². The predicted molar refractivity (Wildman–Crippen MR) is 505 cm³/mol. The molecule has 32 nitrogen and oxygen atoms in total. The SMILES string of the molecule is COCC(C)(C)N1CCC(c2cc(OC3CC3)c(Nc3ncc(Cl)c(Nc4cn(C)nc4S(=O)(=O)C(C)C)n3)cc2C)CC1.COCC(C)(C)N1CCC(c2cc(OC3CC3)c(Nc3ncc(Cl)c(Nc4cn(C)nc4S(=O)(=O)C(C)C)n3)cc2C)CC1.Cc1cc(Nc2ncc(Cl)c(Nc3cn(C)nc3S(=O)(=O)C3CCC3)n2)c(OC(C)C)cc1C1CCN(C)CC1. The van der Waals surface area contributed by atoms with E-state index in [1.54, 1.807) is 81.6 Å². The van der Waals surface area contributed by atoms with Crippen molar-refractivity contribution in [2.75, 3.05) is 106 Å². The van der Waals surface area contributed by atoms with Crippen molar-refractivity contribution in [2.45, 2.75) is 251 Å². The maximum Gasteiger partial charge on any atom is 0.229 e. The van der Waals surface area contributed by atoms with E-state index in [0.717, 1.165) is 144 Å². The number of anilines is 12. The van der Waals surface area contributed by atoms with E-state index < -0.39 is 45.3 Å². The zero-order chi connectivity index (χ0) is 92.2. The Morgan fingerprint density at radius 3 is 1.06 bits per heavy atom. The summed E-state index contributed by atoms with van der Waals surface area (Å²) in [7, 11) is -0.134. The van der Waals surface area contributed by atoms with E-state index in [4.69, 9.17) is 58.5 Å². The number of ether oxygens (including phenoxy) is 5. The molecule has 3 aromatic carbocycles. The number of hydrogen-bond donors (Lipinski definition) is 6. The van der Waals surface area contributed by atoms with E-state index in [9.17, 15) is 25.3 Å². The van der Waals surface area contributed by atoms with Crippen LogP contribution in [0.2, 0.25) is 15.1 Å². The molecule has 0 spiro atoms. The minimum Gasteiger partial charge on any atom is -0.489 e. The fourth-order valence-electron chi connectivity index (χ4n) is 16.7. The van der Waals surface area contributed by atoms with Crippen LogP contribution in [-0.2, 0) is 60.1 Å². The summed E-state index contributed by atoms with van der Waals surface area (Å²) >= 11 is 19.4. The number of aryl methyl sites for hydroxylation is 6. The van der Waals surface area contributed by atoms with Gasteiger partial charge in [0.05, 0.1) is 100.0 Å². The lowest BCUT2D eigenvalue weighted by Gasteiger charge is -2.43. The van der Waals surface area contributed by atoms with Crippen molar-refractivity contribution in [3.8, 4) is 17.2 Å². The van der Waals surface area contributed by atoms with E-state index in [1.165, 1.54) is 66.0 Å². The third-order valence-corrected chi connectivity index (χ3v) is 31.7. The molecule has 9 aromatic rings. The van der Waals surface area contributed by atoms with Crippen LogP contribution in [0.4, 0.5) is 69.4 Å². The Morgan fingerprint density at radius 1 is 0.430 bits per heavy atom. The van der Waals surface area contributed by atoms with E-state index in [2.05, 4.69) is 184 Å². The molecule has 0 atom stereocenters. The number of methoxy groups -OCH3 is 2. The van der Waals surface area contributed by atoms with Gasteiger partial charge in [-0.3, -0.25) is 23.8 Å². The van der Waals surface area contributed by atoms with Crippen molar-refractivity contribution in [3.63, 3.8) is 0 Å². The van der Waals surface area contributed by atoms with Gasteiger partial charge in [-0.15, -0.1) is 0 Å². The van der Waals surface area contributed by atoms with Gasteiger partial charge in [0.25, 0.3) is 0 Å². The lowest BCUT2D eigenvalue weighted by Crippen LogP contribution is -2.50. The molecule has 0 radical (unpaired) electrons. The number of rotatable bonds is 33. The fourth-order valence-corrected chi connectivity index (χ4v) is 21.2. The van der Waals surface area contributed by atoms with Gasteiger partial charge < -0.3 is 60.5 Å². The van der Waals surface area contributed by atoms with Gasteiger partial charge in [-0.2, -0.15) is 30.2 Å². The third kappa shape index (κ3) is 23.4. The molecule has 9 heterocycles. The molecule has 0 unspecified atom stereocenters. The number of halogens is 3. The highest BCUT2D eigenvalue weighted by Gasteiger charge is 2.40. The summed E-state index contributed by atoms with van der Waals surface area (Å²) in [6, 6.07) is 12.8. The first-order valence-corrected chi connectivity index (χ1v) is 50.0. The van der Waals surface area contributed by atoms with E-state index in [-0.39, 0.29) is 77.0 Å². The van der Waals surface area contributed by atoms with Gasteiger partial charge in [0.2, 0.25) is 62.4 Å². The molecule has 3 saturated heterocycles. The molecule has 6 aromatic heterocycles. The Morgan fingerprint density at radius 2 is 0.750 bits per heavy atom. The maximum atomic E-state index is 13.1. The standard InChI is InChI=1S/2C31H44ClN7O4S.C28H38ClN7O3S/c2*1-19(2)44(40,41)29-26(17-38(6)37-29)34-28-24(32)16-33-30(36-28)35-25-14-20(3)23(15-27(25)43-22-8-9-22)21-10-12-39(13-11-21)31(4,5)18-42-7;1-17(2)39-25-14-21(19-9-11-35(4)12-10-19)18(3)13-23(25)32-28-30-15-22(29)26(33-28)31-24-16-36(5)34-27(24)40(37,38)20-7-6-8-20/h2*14-17,19,21-22H,8-13,18H2,1-7H3,(H2,33,34,35,36);13-17,19-20H,6-12H2,1-5H3,(H2,30,31,32,33). The lowest BCUT2D eigenvalue weighted by atomic mass is 9.85. The second kappa shape index (κ2) is 40.5. The minimum absolute atomic E-state index is 0.0103. The number of nitrogens with zero attached hydrogens (tertiary/aromatic N) is 15. The van der Waals surface area contributed by atoms with Crippen LogP contribution in [0.25, 0.3) is 0 Å². The zero-order valence-corrected chi connectivity index (χ0v) is 81.7. The Balaban J connectivity index is 0.000000164. The van der Waals surface area contributed by atoms with Crippen LogP contribution >= 0.6 is 34.8 Å². The average Bonchev–Trinajstić information content (AvgIpc) is 1.66. The molecule has 6 N–H and O–H groups in total. The molecule has 3 aliphatic heterocycles. The first kappa shape index (κ1) is 96.8. The van der Waals surface area contributed by atoms with Gasteiger partial charge in [0, 0.05) is 65.0 Å². The molecule has 128 heavy (non-hydrogen) atoms. The highest BCUT2D eigenvalue weighted by Crippen LogP contribution is 2.46. The van der Waals surface area contributed by atoms with E-state index in [1.807, 2.05) is 13.8 Å². The van der Waals surface area contributed by atoms with Crippen molar-refractivity contribution in [1.82, 2.24) is 73.9 Å².